The average molecular weight is 128 g/mol. The Morgan fingerprint density at radius 2 is 1.89 bits per heavy atom. The molecule has 2 heteroatoms. The third kappa shape index (κ3) is 1.43. The van der Waals surface area contributed by atoms with E-state index in [9.17, 15) is 0 Å². The lowest BCUT2D eigenvalue weighted by Crippen LogP contribution is -2.51. The van der Waals surface area contributed by atoms with Crippen molar-refractivity contribution in [3.05, 3.63) is 0 Å². The average Bonchev–Trinajstić information content (AvgIpc) is 1.60. The summed E-state index contributed by atoms with van der Waals surface area (Å²) in [6.07, 6.45) is 1.37. The monoisotopic (exact) mass is 128 g/mol. The molecular weight excluding hydrogens is 112 g/mol. The molecule has 1 fully saturated rings. The fourth-order valence-corrected chi connectivity index (χ4v) is 0.942. The van der Waals surface area contributed by atoms with E-state index in [1.807, 2.05) is 0 Å². The number of hydrogen-bond acceptors (Lipinski definition) is 2. The molecule has 0 saturated carbocycles. The SMILES string of the molecule is CC(C)N(C)N1CCC1. The zero-order valence-corrected chi connectivity index (χ0v) is 6.59. The second-order valence-electron chi connectivity index (χ2n) is 2.97. The molecule has 0 amide bonds. The highest BCUT2D eigenvalue weighted by Crippen LogP contribution is 2.10. The Bertz CT molecular complexity index is 86.9. The van der Waals surface area contributed by atoms with Gasteiger partial charge in [0.15, 0.2) is 0 Å². The van der Waals surface area contributed by atoms with Crippen LogP contribution in [0.15, 0.2) is 0 Å². The van der Waals surface area contributed by atoms with E-state index in [0.717, 1.165) is 0 Å². The highest BCUT2D eigenvalue weighted by atomic mass is 15.6. The number of hydrogen-bond donors (Lipinski definition) is 0. The molecule has 1 rings (SSSR count). The quantitative estimate of drug-likeness (QED) is 0.546. The first-order valence-electron chi connectivity index (χ1n) is 3.69. The van der Waals surface area contributed by atoms with Crippen molar-refractivity contribution < 1.29 is 0 Å². The lowest BCUT2D eigenvalue weighted by molar-refractivity contribution is -0.0728. The van der Waals surface area contributed by atoms with Crippen LogP contribution in [0, 0.1) is 0 Å². The van der Waals surface area contributed by atoms with Crippen molar-refractivity contribution in [2.75, 3.05) is 20.1 Å². The highest BCUT2D eigenvalue weighted by molar-refractivity contribution is 4.66. The van der Waals surface area contributed by atoms with E-state index in [1.54, 1.807) is 0 Å². The summed E-state index contributed by atoms with van der Waals surface area (Å²) in [7, 11) is 2.16. The molecule has 0 aromatic heterocycles. The lowest BCUT2D eigenvalue weighted by Gasteiger charge is -2.40. The minimum absolute atomic E-state index is 0.658. The summed E-state index contributed by atoms with van der Waals surface area (Å²) in [6, 6.07) is 0.658. The highest BCUT2D eigenvalue weighted by Gasteiger charge is 2.19. The third-order valence-corrected chi connectivity index (χ3v) is 2.03. The molecule has 0 aliphatic carbocycles. The van der Waals surface area contributed by atoms with Crippen LogP contribution in [0.5, 0.6) is 0 Å². The van der Waals surface area contributed by atoms with Gasteiger partial charge in [-0.05, 0) is 20.3 Å². The largest absolute Gasteiger partial charge is 0.242 e. The van der Waals surface area contributed by atoms with Gasteiger partial charge >= 0.3 is 0 Å². The van der Waals surface area contributed by atoms with E-state index in [0.29, 0.717) is 6.04 Å². The molecule has 0 aromatic carbocycles. The van der Waals surface area contributed by atoms with Gasteiger partial charge < -0.3 is 0 Å². The maximum atomic E-state index is 2.38. The van der Waals surface area contributed by atoms with Gasteiger partial charge in [0, 0.05) is 26.2 Å². The van der Waals surface area contributed by atoms with Crippen LogP contribution in [-0.2, 0) is 0 Å². The molecule has 0 spiro atoms. The minimum atomic E-state index is 0.658. The van der Waals surface area contributed by atoms with Crippen LogP contribution in [0.25, 0.3) is 0 Å². The molecule has 0 bridgehead atoms. The summed E-state index contributed by atoms with van der Waals surface area (Å²) >= 11 is 0. The lowest BCUT2D eigenvalue weighted by atomic mass is 10.2. The van der Waals surface area contributed by atoms with Gasteiger partial charge in [-0.2, -0.15) is 0 Å². The van der Waals surface area contributed by atoms with Crippen molar-refractivity contribution >= 4 is 0 Å². The van der Waals surface area contributed by atoms with Crippen LogP contribution in [0.2, 0.25) is 0 Å². The summed E-state index contributed by atoms with van der Waals surface area (Å²) in [5.41, 5.74) is 0. The van der Waals surface area contributed by atoms with E-state index >= 15 is 0 Å². The van der Waals surface area contributed by atoms with Crippen molar-refractivity contribution in [1.82, 2.24) is 10.0 Å². The van der Waals surface area contributed by atoms with Gasteiger partial charge in [0.05, 0.1) is 0 Å². The second kappa shape index (κ2) is 2.67. The molecular formula is C7H16N2. The van der Waals surface area contributed by atoms with Crippen LogP contribution >= 0.6 is 0 Å². The third-order valence-electron chi connectivity index (χ3n) is 2.03. The maximum Gasteiger partial charge on any atom is 0.0186 e. The molecule has 0 N–H and O–H groups in total. The van der Waals surface area contributed by atoms with Gasteiger partial charge in [-0.25, -0.2) is 10.0 Å². The van der Waals surface area contributed by atoms with Crippen LogP contribution in [0.3, 0.4) is 0 Å². The van der Waals surface area contributed by atoms with Gasteiger partial charge in [-0.1, -0.05) is 0 Å². The van der Waals surface area contributed by atoms with Crippen molar-refractivity contribution in [3.8, 4) is 0 Å². The van der Waals surface area contributed by atoms with Gasteiger partial charge in [0.25, 0.3) is 0 Å². The normalized spacial score (nSPS) is 21.0. The fourth-order valence-electron chi connectivity index (χ4n) is 0.942. The summed E-state index contributed by atoms with van der Waals surface area (Å²) in [5, 5.41) is 4.69. The van der Waals surface area contributed by atoms with Crippen molar-refractivity contribution in [2.24, 2.45) is 0 Å². The summed E-state index contributed by atoms with van der Waals surface area (Å²) in [4.78, 5) is 0. The summed E-state index contributed by atoms with van der Waals surface area (Å²) < 4.78 is 0. The van der Waals surface area contributed by atoms with Crippen molar-refractivity contribution in [1.29, 1.82) is 0 Å². The van der Waals surface area contributed by atoms with Crippen LogP contribution in [0.4, 0.5) is 0 Å². The van der Waals surface area contributed by atoms with E-state index in [4.69, 9.17) is 0 Å². The smallest absolute Gasteiger partial charge is 0.0186 e. The Balaban J connectivity index is 2.23. The van der Waals surface area contributed by atoms with Crippen LogP contribution < -0.4 is 0 Å². The van der Waals surface area contributed by atoms with Gasteiger partial charge in [0.2, 0.25) is 0 Å². The van der Waals surface area contributed by atoms with E-state index in [1.165, 1.54) is 19.5 Å². The fraction of sp³-hybridized carbons (Fsp3) is 1.00. The topological polar surface area (TPSA) is 6.48 Å². The van der Waals surface area contributed by atoms with E-state index in [2.05, 4.69) is 30.9 Å². The first-order chi connectivity index (χ1) is 4.22. The zero-order chi connectivity index (χ0) is 6.85. The molecule has 1 saturated heterocycles. The van der Waals surface area contributed by atoms with Gasteiger partial charge in [0.1, 0.15) is 0 Å². The zero-order valence-electron chi connectivity index (χ0n) is 6.59. The van der Waals surface area contributed by atoms with Crippen molar-refractivity contribution in [2.45, 2.75) is 26.3 Å². The van der Waals surface area contributed by atoms with Crippen molar-refractivity contribution in [3.63, 3.8) is 0 Å². The Kier molecular flexibility index (Phi) is 2.09. The first kappa shape index (κ1) is 7.03. The summed E-state index contributed by atoms with van der Waals surface area (Å²) in [6.45, 7) is 6.96. The molecule has 0 radical (unpaired) electrons. The summed E-state index contributed by atoms with van der Waals surface area (Å²) in [5.74, 6) is 0. The molecule has 0 aromatic rings. The molecule has 9 heavy (non-hydrogen) atoms. The Morgan fingerprint density at radius 3 is 2.00 bits per heavy atom. The first-order valence-corrected chi connectivity index (χ1v) is 3.69. The van der Waals surface area contributed by atoms with E-state index < -0.39 is 0 Å². The second-order valence-corrected chi connectivity index (χ2v) is 2.97. The van der Waals surface area contributed by atoms with Gasteiger partial charge in [-0.15, -0.1) is 0 Å². The van der Waals surface area contributed by atoms with Crippen LogP contribution in [-0.4, -0.2) is 36.2 Å². The van der Waals surface area contributed by atoms with Gasteiger partial charge in [-0.3, -0.25) is 0 Å². The van der Waals surface area contributed by atoms with Crippen LogP contribution in [0.1, 0.15) is 20.3 Å². The molecule has 1 aliphatic rings. The molecule has 54 valence electrons. The maximum absolute atomic E-state index is 2.38. The molecule has 1 heterocycles. The minimum Gasteiger partial charge on any atom is -0.242 e. The predicted molar refractivity (Wildman–Crippen MR) is 39.1 cm³/mol. The molecule has 0 unspecified atom stereocenters. The number of hydrazine groups is 1. The molecule has 1 aliphatic heterocycles. The number of nitrogens with zero attached hydrogens (tertiary/aromatic N) is 2. The Labute approximate surface area is 57.4 Å². The molecule has 2 nitrogen and oxygen atoms in total. The molecule has 0 atom stereocenters. The Hall–Kier alpha value is -0.0800. The Morgan fingerprint density at radius 1 is 1.33 bits per heavy atom. The number of rotatable bonds is 2. The standard InChI is InChI=1S/C7H16N2/c1-7(2)8(3)9-5-4-6-9/h7H,4-6H2,1-3H3. The predicted octanol–water partition coefficient (Wildman–Crippen LogP) is 0.947. The van der Waals surface area contributed by atoms with E-state index in [-0.39, 0.29) is 0 Å².